The second kappa shape index (κ2) is 19.5. The predicted octanol–water partition coefficient (Wildman–Crippen LogP) is 4.26. The first-order chi connectivity index (χ1) is 30.7. The first-order valence-corrected chi connectivity index (χ1v) is 20.9. The average molecular weight is 885 g/mol. The Labute approximate surface area is 365 Å². The van der Waals surface area contributed by atoms with Crippen molar-refractivity contribution in [2.24, 2.45) is 11.5 Å². The number of aryl methyl sites for hydroxylation is 4. The SMILES string of the molecule is CCn1nc(C)cc1C(=O)Nc1nc2cc(C(N)=O)cnc2n1C/C=C/Cn1c(NC(=O)c2cc(C)nn2CC)nc2cc(C(N)=O)cc(OCCCN3CCC[C@H]3COC(F)F)c21. The number of allylic oxidation sites excluding steroid dienone is 2. The van der Waals surface area contributed by atoms with Gasteiger partial charge in [0.25, 0.3) is 11.8 Å². The number of primary amides is 2. The summed E-state index contributed by atoms with van der Waals surface area (Å²) in [6.07, 6.45) is 7.08. The number of nitrogens with zero attached hydrogens (tertiary/aromatic N) is 10. The molecule has 7 rings (SSSR count). The molecule has 1 saturated heterocycles. The number of rotatable bonds is 20. The van der Waals surface area contributed by atoms with Crippen LogP contribution in [-0.4, -0.2) is 111 Å². The summed E-state index contributed by atoms with van der Waals surface area (Å²) in [7, 11) is 0. The van der Waals surface area contributed by atoms with E-state index in [4.69, 9.17) is 21.2 Å². The number of imidazole rings is 2. The summed E-state index contributed by atoms with van der Waals surface area (Å²) in [5, 5.41) is 14.6. The van der Waals surface area contributed by atoms with Crippen LogP contribution in [0.2, 0.25) is 0 Å². The van der Waals surface area contributed by atoms with E-state index >= 15 is 0 Å². The van der Waals surface area contributed by atoms with Crippen LogP contribution in [0, 0.1) is 13.8 Å². The number of nitrogens with two attached hydrogens (primary N) is 2. The zero-order chi connectivity index (χ0) is 45.7. The molecule has 1 atom stereocenters. The van der Waals surface area contributed by atoms with Crippen LogP contribution in [0.4, 0.5) is 20.7 Å². The van der Waals surface area contributed by atoms with E-state index in [1.54, 1.807) is 50.6 Å². The van der Waals surface area contributed by atoms with Crippen molar-refractivity contribution in [3.63, 3.8) is 0 Å². The number of hydrogen-bond donors (Lipinski definition) is 4. The van der Waals surface area contributed by atoms with Crippen molar-refractivity contribution in [1.29, 1.82) is 0 Å². The number of ether oxygens (including phenoxy) is 2. The zero-order valence-corrected chi connectivity index (χ0v) is 35.9. The van der Waals surface area contributed by atoms with Gasteiger partial charge in [0, 0.05) is 50.5 Å². The number of benzene rings is 1. The van der Waals surface area contributed by atoms with Gasteiger partial charge in [-0.1, -0.05) is 12.2 Å². The molecular weight excluding hydrogens is 835 g/mol. The van der Waals surface area contributed by atoms with Gasteiger partial charge in [-0.15, -0.1) is 0 Å². The molecule has 22 heteroatoms. The lowest BCUT2D eigenvalue weighted by Gasteiger charge is -2.24. The van der Waals surface area contributed by atoms with Gasteiger partial charge in [-0.25, -0.2) is 15.0 Å². The van der Waals surface area contributed by atoms with Crippen LogP contribution in [0.1, 0.15) is 86.2 Å². The third-order valence-electron chi connectivity index (χ3n) is 10.8. The normalized spacial score (nSPS) is 14.4. The highest BCUT2D eigenvalue weighted by molar-refractivity contribution is 6.05. The van der Waals surface area contributed by atoms with Gasteiger partial charge < -0.3 is 25.5 Å². The Hall–Kier alpha value is -7.07. The fourth-order valence-electron chi connectivity index (χ4n) is 7.81. The van der Waals surface area contributed by atoms with Gasteiger partial charge in [0.1, 0.15) is 28.2 Å². The number of halogens is 2. The molecule has 6 heterocycles. The Balaban J connectivity index is 1.20. The number of likely N-dealkylation sites (tertiary alicyclic amines) is 1. The maximum absolute atomic E-state index is 13.8. The average Bonchev–Trinajstić information content (AvgIpc) is 4.10. The van der Waals surface area contributed by atoms with Gasteiger partial charge in [-0.2, -0.15) is 19.0 Å². The number of carbonyl (C=O) groups is 4. The maximum atomic E-state index is 13.8. The maximum Gasteiger partial charge on any atom is 0.345 e. The second-order valence-corrected chi connectivity index (χ2v) is 15.2. The van der Waals surface area contributed by atoms with Gasteiger partial charge in [-0.05, 0) is 83.8 Å². The largest absolute Gasteiger partial charge is 0.491 e. The monoisotopic (exact) mass is 884 g/mol. The molecular formula is C42H50F2N14O6. The minimum atomic E-state index is -2.84. The number of aromatic nitrogens is 9. The fraction of sp³-hybridized carbons (Fsp3) is 0.405. The van der Waals surface area contributed by atoms with E-state index in [0.717, 1.165) is 19.4 Å². The highest BCUT2D eigenvalue weighted by Gasteiger charge is 2.26. The van der Waals surface area contributed by atoms with Crippen molar-refractivity contribution in [1.82, 2.24) is 48.5 Å². The lowest BCUT2D eigenvalue weighted by Crippen LogP contribution is -2.35. The van der Waals surface area contributed by atoms with E-state index in [2.05, 4.69) is 40.4 Å². The number of pyridine rings is 1. The molecule has 5 aromatic heterocycles. The van der Waals surface area contributed by atoms with Crippen LogP contribution in [0.25, 0.3) is 22.2 Å². The minimum Gasteiger partial charge on any atom is -0.491 e. The molecule has 20 nitrogen and oxygen atoms in total. The van der Waals surface area contributed by atoms with E-state index < -0.39 is 30.2 Å². The number of hydrogen-bond acceptors (Lipinski definition) is 12. The van der Waals surface area contributed by atoms with E-state index in [0.29, 0.717) is 71.0 Å². The molecule has 1 aliphatic rings. The standard InChI is InChI=1S/C42H50F2N14O6/c1-5-57-31(17-24(3)52-57)38(61)50-41-48-29-19-26(35(45)59)21-33(63-16-10-13-54-12-9-11-28(54)23-64-40(43)44)34(29)55(41)14-7-8-15-56-37-30(20-27(22-47-37)36(46)60)49-42(56)51-39(62)32-18-25(4)53-58(32)6-2/h7-8,17-22,28,40H,5-6,9-16,23H2,1-4H3,(H2,45,59)(H2,46,60)(H,48,50,61)(H,49,51,62)/b8-7+/t28-/m0/s1. The zero-order valence-electron chi connectivity index (χ0n) is 35.9. The number of alkyl halides is 2. The molecule has 4 amide bonds. The number of carbonyl (C=O) groups excluding carboxylic acids is 4. The summed E-state index contributed by atoms with van der Waals surface area (Å²) < 4.78 is 43.0. The molecule has 64 heavy (non-hydrogen) atoms. The first kappa shape index (κ1) is 45.0. The van der Waals surface area contributed by atoms with Gasteiger partial charge in [0.2, 0.25) is 23.7 Å². The van der Waals surface area contributed by atoms with Crippen LogP contribution in [0.15, 0.2) is 48.7 Å². The molecule has 338 valence electrons. The van der Waals surface area contributed by atoms with E-state index in [1.807, 2.05) is 19.9 Å². The minimum absolute atomic E-state index is 0.0650. The summed E-state index contributed by atoms with van der Waals surface area (Å²) >= 11 is 0. The van der Waals surface area contributed by atoms with Crippen molar-refractivity contribution < 1.29 is 37.4 Å². The highest BCUT2D eigenvalue weighted by Crippen LogP contribution is 2.32. The van der Waals surface area contributed by atoms with Crippen molar-refractivity contribution in [2.45, 2.75) is 85.8 Å². The van der Waals surface area contributed by atoms with Gasteiger partial charge in [0.05, 0.1) is 35.7 Å². The van der Waals surface area contributed by atoms with Crippen LogP contribution in [0.3, 0.4) is 0 Å². The lowest BCUT2D eigenvalue weighted by molar-refractivity contribution is -0.139. The second-order valence-electron chi connectivity index (χ2n) is 15.2. The Bertz CT molecular complexity index is 2740. The van der Waals surface area contributed by atoms with Crippen LogP contribution in [-0.2, 0) is 30.9 Å². The van der Waals surface area contributed by atoms with Crippen molar-refractivity contribution in [3.8, 4) is 5.75 Å². The summed E-state index contributed by atoms with van der Waals surface area (Å²) in [4.78, 5) is 67.8. The summed E-state index contributed by atoms with van der Waals surface area (Å²) in [6, 6.07) is 7.74. The number of nitrogens with one attached hydrogen (secondary N) is 2. The quantitative estimate of drug-likeness (QED) is 0.0620. The lowest BCUT2D eigenvalue weighted by atomic mass is 10.1. The Morgan fingerprint density at radius 1 is 0.844 bits per heavy atom. The van der Waals surface area contributed by atoms with Crippen molar-refractivity contribution >= 4 is 57.7 Å². The Morgan fingerprint density at radius 3 is 2.05 bits per heavy atom. The molecule has 1 aliphatic heterocycles. The molecule has 0 spiro atoms. The molecule has 0 aliphatic carbocycles. The van der Waals surface area contributed by atoms with Crippen molar-refractivity contribution in [3.05, 3.63) is 82.6 Å². The van der Waals surface area contributed by atoms with E-state index in [9.17, 15) is 28.0 Å². The van der Waals surface area contributed by atoms with Gasteiger partial charge in [0.15, 0.2) is 5.65 Å². The van der Waals surface area contributed by atoms with E-state index in [-0.39, 0.29) is 61.1 Å². The number of anilines is 2. The number of fused-ring (bicyclic) bond motifs is 2. The molecule has 0 bridgehead atoms. The van der Waals surface area contributed by atoms with E-state index in [1.165, 1.54) is 24.4 Å². The Kier molecular flexibility index (Phi) is 13.7. The summed E-state index contributed by atoms with van der Waals surface area (Å²) in [5.74, 6) is -1.75. The smallest absolute Gasteiger partial charge is 0.345 e. The fourth-order valence-corrected chi connectivity index (χ4v) is 7.81. The molecule has 1 aromatic carbocycles. The summed E-state index contributed by atoms with van der Waals surface area (Å²) in [5.41, 5.74) is 15.0. The molecule has 1 fully saturated rings. The van der Waals surface area contributed by atoms with Gasteiger partial charge >= 0.3 is 6.61 Å². The third kappa shape index (κ3) is 9.92. The molecule has 0 radical (unpaired) electrons. The van der Waals surface area contributed by atoms with Crippen molar-refractivity contribution in [2.75, 3.05) is 36.9 Å². The number of amides is 4. The molecule has 6 aromatic rings. The summed E-state index contributed by atoms with van der Waals surface area (Å²) in [6.45, 7) is 7.07. The first-order valence-electron chi connectivity index (χ1n) is 20.9. The van der Waals surface area contributed by atoms with Crippen LogP contribution >= 0.6 is 0 Å². The van der Waals surface area contributed by atoms with Crippen LogP contribution < -0.4 is 26.8 Å². The molecule has 6 N–H and O–H groups in total. The third-order valence-corrected chi connectivity index (χ3v) is 10.8. The molecule has 0 saturated carbocycles. The predicted molar refractivity (Wildman–Crippen MR) is 231 cm³/mol. The topological polar surface area (TPSA) is 250 Å². The molecule has 0 unspecified atom stereocenters. The van der Waals surface area contributed by atoms with Crippen LogP contribution in [0.5, 0.6) is 5.75 Å². The Morgan fingerprint density at radius 2 is 1.44 bits per heavy atom. The van der Waals surface area contributed by atoms with Gasteiger partial charge in [-0.3, -0.25) is 48.6 Å². The highest BCUT2D eigenvalue weighted by atomic mass is 19.3.